The third-order valence-corrected chi connectivity index (χ3v) is 5.70. The van der Waals surface area contributed by atoms with E-state index >= 15 is 0 Å². The van der Waals surface area contributed by atoms with E-state index in [0.717, 1.165) is 0 Å². The molecule has 0 aromatic heterocycles. The summed E-state index contributed by atoms with van der Waals surface area (Å²) in [5.74, 6) is -4.65. The van der Waals surface area contributed by atoms with Crippen LogP contribution < -0.4 is 21.7 Å². The van der Waals surface area contributed by atoms with Crippen LogP contribution in [0.1, 0.15) is 24.8 Å². The number of aliphatic carboxylic acids is 2. The highest BCUT2D eigenvalue weighted by Gasteiger charge is 2.30. The number of amides is 3. The first-order valence-electron chi connectivity index (χ1n) is 11.0. The summed E-state index contributed by atoms with van der Waals surface area (Å²) in [6.45, 7) is -0.893. The van der Waals surface area contributed by atoms with Gasteiger partial charge in [-0.1, -0.05) is 12.1 Å². The second-order valence-corrected chi connectivity index (χ2v) is 8.88. The molecule has 4 unspecified atom stereocenters. The van der Waals surface area contributed by atoms with E-state index in [-0.39, 0.29) is 18.6 Å². The van der Waals surface area contributed by atoms with Crippen LogP contribution in [0.5, 0.6) is 5.75 Å². The molecule has 0 heterocycles. The Morgan fingerprint density at radius 2 is 1.44 bits per heavy atom. The van der Waals surface area contributed by atoms with Crippen LogP contribution in [0, 0.1) is 0 Å². The molecule has 14 heteroatoms. The van der Waals surface area contributed by atoms with Crippen molar-refractivity contribution in [1.29, 1.82) is 0 Å². The van der Waals surface area contributed by atoms with Gasteiger partial charge in [0.05, 0.1) is 12.6 Å². The number of hydrogen-bond donors (Lipinski definition) is 8. The Hall–Kier alpha value is -3.36. The number of carbonyl (C=O) groups excluding carboxylic acids is 3. The van der Waals surface area contributed by atoms with Crippen molar-refractivity contribution < 1.29 is 44.4 Å². The molecule has 36 heavy (non-hydrogen) atoms. The van der Waals surface area contributed by atoms with Crippen molar-refractivity contribution in [3.05, 3.63) is 29.8 Å². The minimum Gasteiger partial charge on any atom is -0.508 e. The van der Waals surface area contributed by atoms with Crippen molar-refractivity contribution in [2.24, 2.45) is 5.73 Å². The van der Waals surface area contributed by atoms with Gasteiger partial charge in [-0.2, -0.15) is 11.8 Å². The molecule has 4 atom stereocenters. The predicted octanol–water partition coefficient (Wildman–Crippen LogP) is -1.59. The number of phenolic OH excluding ortho intramolecular Hbond substituents is 1. The third-order valence-electron chi connectivity index (χ3n) is 5.06. The smallest absolute Gasteiger partial charge is 0.326 e. The summed E-state index contributed by atoms with van der Waals surface area (Å²) >= 11 is 1.47. The van der Waals surface area contributed by atoms with Gasteiger partial charge in [0.25, 0.3) is 0 Å². The fourth-order valence-electron chi connectivity index (χ4n) is 3.00. The van der Waals surface area contributed by atoms with Crippen molar-refractivity contribution in [1.82, 2.24) is 16.0 Å². The molecule has 1 aromatic carbocycles. The maximum atomic E-state index is 12.7. The highest BCUT2D eigenvalue weighted by atomic mass is 32.2. The maximum Gasteiger partial charge on any atom is 0.326 e. The molecule has 0 aliphatic heterocycles. The highest BCUT2D eigenvalue weighted by Crippen LogP contribution is 2.11. The molecule has 1 rings (SSSR count). The van der Waals surface area contributed by atoms with Crippen LogP contribution in [0.4, 0.5) is 0 Å². The molecule has 0 bridgehead atoms. The van der Waals surface area contributed by atoms with E-state index in [4.69, 9.17) is 10.8 Å². The SMILES string of the molecule is CSCCC(N)C(=O)NC(CCC(=O)O)C(=O)NC(CO)C(=O)NC(Cc1ccc(O)cc1)C(=O)O. The van der Waals surface area contributed by atoms with Crippen LogP contribution in [0.2, 0.25) is 0 Å². The topological polar surface area (TPSA) is 228 Å². The van der Waals surface area contributed by atoms with Crippen molar-refractivity contribution >= 4 is 41.4 Å². The number of rotatable bonds is 16. The van der Waals surface area contributed by atoms with Crippen molar-refractivity contribution in [2.75, 3.05) is 18.6 Å². The third kappa shape index (κ3) is 10.9. The maximum absolute atomic E-state index is 12.7. The number of thioether (sulfide) groups is 1. The molecule has 0 radical (unpaired) electrons. The minimum atomic E-state index is -1.58. The summed E-state index contributed by atoms with van der Waals surface area (Å²) in [4.78, 5) is 60.3. The Morgan fingerprint density at radius 1 is 0.889 bits per heavy atom. The van der Waals surface area contributed by atoms with Gasteiger partial charge in [-0.3, -0.25) is 19.2 Å². The lowest BCUT2D eigenvalue weighted by molar-refractivity contribution is -0.142. The zero-order chi connectivity index (χ0) is 27.3. The number of aliphatic hydroxyl groups excluding tert-OH is 1. The van der Waals surface area contributed by atoms with Crippen LogP contribution in [0.3, 0.4) is 0 Å². The molecule has 1 aromatic rings. The summed E-state index contributed by atoms with van der Waals surface area (Å²) in [7, 11) is 0. The molecule has 0 aliphatic rings. The highest BCUT2D eigenvalue weighted by molar-refractivity contribution is 7.98. The number of aliphatic hydroxyl groups is 1. The van der Waals surface area contributed by atoms with Gasteiger partial charge in [-0.15, -0.1) is 0 Å². The van der Waals surface area contributed by atoms with Gasteiger partial charge < -0.3 is 42.1 Å². The van der Waals surface area contributed by atoms with E-state index < -0.39 is 66.9 Å². The number of benzene rings is 1. The van der Waals surface area contributed by atoms with Gasteiger partial charge in [-0.25, -0.2) is 4.79 Å². The molecule has 0 spiro atoms. The molecule has 3 amide bonds. The lowest BCUT2D eigenvalue weighted by Gasteiger charge is -2.24. The Morgan fingerprint density at radius 3 is 1.97 bits per heavy atom. The van der Waals surface area contributed by atoms with Crippen LogP contribution in [-0.2, 0) is 30.4 Å². The number of phenols is 1. The fraction of sp³-hybridized carbons (Fsp3) is 0.500. The molecule has 0 aliphatic carbocycles. The monoisotopic (exact) mass is 528 g/mol. The first kappa shape index (κ1) is 30.7. The van der Waals surface area contributed by atoms with Gasteiger partial charge in [0.15, 0.2) is 0 Å². The Labute approximate surface area is 211 Å². The van der Waals surface area contributed by atoms with Crippen molar-refractivity contribution in [3.63, 3.8) is 0 Å². The van der Waals surface area contributed by atoms with Gasteiger partial charge in [0, 0.05) is 12.8 Å². The van der Waals surface area contributed by atoms with E-state index in [1.165, 1.54) is 36.0 Å². The average Bonchev–Trinajstić information content (AvgIpc) is 2.83. The predicted molar refractivity (Wildman–Crippen MR) is 130 cm³/mol. The number of carboxylic acids is 2. The molecular formula is C22H32N4O9S. The van der Waals surface area contributed by atoms with E-state index in [1.54, 1.807) is 0 Å². The first-order chi connectivity index (χ1) is 17.0. The van der Waals surface area contributed by atoms with Gasteiger partial charge >= 0.3 is 11.9 Å². The molecular weight excluding hydrogens is 496 g/mol. The minimum absolute atomic E-state index is 0.0209. The van der Waals surface area contributed by atoms with E-state index in [0.29, 0.717) is 17.7 Å². The lowest BCUT2D eigenvalue weighted by Crippen LogP contribution is -2.58. The van der Waals surface area contributed by atoms with Gasteiger partial charge in [0.2, 0.25) is 17.7 Å². The quantitative estimate of drug-likeness (QED) is 0.122. The molecule has 0 saturated heterocycles. The van der Waals surface area contributed by atoms with Gasteiger partial charge in [0.1, 0.15) is 23.9 Å². The van der Waals surface area contributed by atoms with Gasteiger partial charge in [-0.05, 0) is 42.5 Å². The Bertz CT molecular complexity index is 913. The summed E-state index contributed by atoms with van der Waals surface area (Å²) in [6.07, 6.45) is 1.23. The number of carbonyl (C=O) groups is 5. The van der Waals surface area contributed by atoms with E-state index in [1.807, 2.05) is 6.26 Å². The number of carboxylic acid groups (broad SMARTS) is 2. The molecule has 13 nitrogen and oxygen atoms in total. The van der Waals surface area contributed by atoms with Crippen LogP contribution in [0.25, 0.3) is 0 Å². The molecule has 9 N–H and O–H groups in total. The zero-order valence-electron chi connectivity index (χ0n) is 19.7. The standard InChI is InChI=1S/C22H32N4O9S/c1-36-9-8-14(23)19(31)24-15(6-7-18(29)30)20(32)26-17(11-27)21(33)25-16(22(34)35)10-12-2-4-13(28)5-3-12/h2-5,14-17,27-28H,6-11,23H2,1H3,(H,24,31)(H,25,33)(H,26,32)(H,29,30)(H,34,35). The first-order valence-corrected chi connectivity index (χ1v) is 12.4. The van der Waals surface area contributed by atoms with E-state index in [2.05, 4.69) is 16.0 Å². The van der Waals surface area contributed by atoms with Crippen LogP contribution in [-0.4, -0.2) is 92.9 Å². The summed E-state index contributed by atoms with van der Waals surface area (Å²) < 4.78 is 0. The normalized spacial score (nSPS) is 14.1. The number of hydrogen-bond acceptors (Lipinski definition) is 9. The summed E-state index contributed by atoms with van der Waals surface area (Å²) in [6, 6.07) is 0.369. The number of nitrogens with one attached hydrogen (secondary N) is 3. The van der Waals surface area contributed by atoms with Crippen molar-refractivity contribution in [2.45, 2.75) is 49.9 Å². The largest absolute Gasteiger partial charge is 0.508 e. The van der Waals surface area contributed by atoms with Crippen LogP contribution >= 0.6 is 11.8 Å². The second kappa shape index (κ2) is 15.6. The summed E-state index contributed by atoms with van der Waals surface area (Å²) in [5.41, 5.74) is 6.29. The zero-order valence-corrected chi connectivity index (χ0v) is 20.5. The second-order valence-electron chi connectivity index (χ2n) is 7.90. The average molecular weight is 529 g/mol. The Balaban J connectivity index is 2.88. The van der Waals surface area contributed by atoms with Crippen LogP contribution in [0.15, 0.2) is 24.3 Å². The molecule has 0 fully saturated rings. The van der Waals surface area contributed by atoms with E-state index in [9.17, 15) is 39.3 Å². The van der Waals surface area contributed by atoms with Crippen molar-refractivity contribution in [3.8, 4) is 5.75 Å². The fourth-order valence-corrected chi connectivity index (χ4v) is 3.49. The number of aromatic hydroxyl groups is 1. The molecule has 0 saturated carbocycles. The summed E-state index contributed by atoms with van der Waals surface area (Å²) in [5, 5.41) is 44.2. The molecule has 200 valence electrons. The number of nitrogens with two attached hydrogens (primary N) is 1. The Kier molecular flexibility index (Phi) is 13.3. The lowest BCUT2D eigenvalue weighted by atomic mass is 10.1.